The zero-order valence-electron chi connectivity index (χ0n) is 18.9. The topological polar surface area (TPSA) is 118 Å². The van der Waals surface area contributed by atoms with E-state index >= 15 is 0 Å². The van der Waals surface area contributed by atoms with Gasteiger partial charge in [0.15, 0.2) is 0 Å². The first-order valence-corrected chi connectivity index (χ1v) is 13.0. The molecular formula is C22H42O7S. The number of aliphatic carboxylic acids is 1. The fraction of sp³-hybridized carbons (Fsp3) is 0.909. The average molecular weight is 451 g/mol. The predicted molar refractivity (Wildman–Crippen MR) is 118 cm³/mol. The molecule has 0 aromatic rings. The second-order valence-corrected chi connectivity index (χ2v) is 9.90. The van der Waals surface area contributed by atoms with Gasteiger partial charge < -0.3 is 9.84 Å². The van der Waals surface area contributed by atoms with Crippen molar-refractivity contribution in [3.05, 3.63) is 0 Å². The van der Waals surface area contributed by atoms with Gasteiger partial charge in [0.2, 0.25) is 4.75 Å². The van der Waals surface area contributed by atoms with E-state index in [0.717, 1.165) is 64.2 Å². The average Bonchev–Trinajstić information content (AvgIpc) is 2.67. The van der Waals surface area contributed by atoms with Gasteiger partial charge in [-0.3, -0.25) is 14.1 Å². The summed E-state index contributed by atoms with van der Waals surface area (Å²) in [6.07, 6.45) is 12.1. The third kappa shape index (κ3) is 11.9. The second-order valence-electron chi connectivity index (χ2n) is 8.17. The lowest BCUT2D eigenvalue weighted by molar-refractivity contribution is -0.152. The van der Waals surface area contributed by atoms with Gasteiger partial charge in [-0.15, -0.1) is 0 Å². The van der Waals surface area contributed by atoms with Gasteiger partial charge in [-0.2, -0.15) is 8.42 Å². The van der Waals surface area contributed by atoms with E-state index in [2.05, 4.69) is 13.8 Å². The fourth-order valence-corrected chi connectivity index (χ4v) is 4.53. The Hall–Kier alpha value is -1.15. The number of hydrogen-bond acceptors (Lipinski definition) is 5. The molecule has 1 unspecified atom stereocenters. The van der Waals surface area contributed by atoms with Crippen LogP contribution in [-0.4, -0.2) is 41.4 Å². The number of unbranched alkanes of at least 4 members (excludes halogenated alkanes) is 12. The lowest BCUT2D eigenvalue weighted by Crippen LogP contribution is -2.49. The van der Waals surface area contributed by atoms with Gasteiger partial charge in [-0.1, -0.05) is 97.3 Å². The van der Waals surface area contributed by atoms with Crippen molar-refractivity contribution in [3.8, 4) is 0 Å². The summed E-state index contributed by atoms with van der Waals surface area (Å²) in [6, 6.07) is 0. The van der Waals surface area contributed by atoms with Crippen LogP contribution in [0, 0.1) is 0 Å². The molecule has 0 rings (SSSR count). The maximum absolute atomic E-state index is 12.6. The Balaban J connectivity index is 4.75. The SMILES string of the molecule is CCCCCCCCCCC(CC(=O)O)(C(=O)OCCCCCCCC)S(=O)(=O)O. The molecule has 7 nitrogen and oxygen atoms in total. The summed E-state index contributed by atoms with van der Waals surface area (Å²) in [6.45, 7) is 4.29. The van der Waals surface area contributed by atoms with Crippen LogP contribution in [0.15, 0.2) is 0 Å². The van der Waals surface area contributed by atoms with Crippen molar-refractivity contribution in [1.82, 2.24) is 0 Å². The van der Waals surface area contributed by atoms with Crippen molar-refractivity contribution < 1.29 is 32.4 Å². The summed E-state index contributed by atoms with van der Waals surface area (Å²) in [5, 5.41) is 9.19. The van der Waals surface area contributed by atoms with Gasteiger partial charge in [0.25, 0.3) is 10.1 Å². The highest BCUT2D eigenvalue weighted by molar-refractivity contribution is 7.88. The molecule has 0 aliphatic heterocycles. The standard InChI is InChI=1S/C22H42O7S/c1-3-5-7-9-11-12-13-15-17-22(19-20(23)24,30(26,27)28)21(25)29-18-16-14-10-8-6-4-2/h3-19H2,1-2H3,(H,23,24)(H,26,27,28). The zero-order chi connectivity index (χ0) is 22.9. The van der Waals surface area contributed by atoms with Crippen molar-refractivity contribution >= 4 is 22.1 Å². The minimum absolute atomic E-state index is 0.0271. The van der Waals surface area contributed by atoms with Crippen LogP contribution in [-0.2, 0) is 24.4 Å². The molecule has 0 radical (unpaired) electrons. The highest BCUT2D eigenvalue weighted by Gasteiger charge is 2.52. The summed E-state index contributed by atoms with van der Waals surface area (Å²) < 4.78 is 36.6. The van der Waals surface area contributed by atoms with Crippen molar-refractivity contribution in [2.45, 2.75) is 121 Å². The van der Waals surface area contributed by atoms with Gasteiger partial charge in [0.1, 0.15) is 0 Å². The summed E-state index contributed by atoms with van der Waals surface area (Å²) in [7, 11) is -4.94. The van der Waals surface area contributed by atoms with E-state index < -0.39 is 33.2 Å². The molecule has 0 heterocycles. The van der Waals surface area contributed by atoms with Crippen molar-refractivity contribution in [2.75, 3.05) is 6.61 Å². The monoisotopic (exact) mass is 450 g/mol. The largest absolute Gasteiger partial charge is 0.481 e. The first-order valence-electron chi connectivity index (χ1n) is 11.6. The van der Waals surface area contributed by atoms with Gasteiger partial charge in [-0.25, -0.2) is 0 Å². The van der Waals surface area contributed by atoms with E-state index in [0.29, 0.717) is 19.3 Å². The number of hydrogen-bond donors (Lipinski definition) is 2. The van der Waals surface area contributed by atoms with Gasteiger partial charge in [0.05, 0.1) is 13.0 Å². The van der Waals surface area contributed by atoms with Crippen LogP contribution in [0.2, 0.25) is 0 Å². The first kappa shape index (κ1) is 28.9. The van der Waals surface area contributed by atoms with Gasteiger partial charge in [-0.05, 0) is 12.8 Å². The summed E-state index contributed by atoms with van der Waals surface area (Å²) in [5.74, 6) is -2.60. The number of carboxylic acids is 1. The number of esters is 1. The maximum atomic E-state index is 12.6. The molecule has 30 heavy (non-hydrogen) atoms. The maximum Gasteiger partial charge on any atom is 0.330 e. The normalized spacial score (nSPS) is 13.7. The number of carbonyl (C=O) groups is 2. The molecular weight excluding hydrogens is 408 g/mol. The summed E-state index contributed by atoms with van der Waals surface area (Å²) in [4.78, 5) is 23.9. The Kier molecular flexibility index (Phi) is 15.9. The molecule has 0 aromatic heterocycles. The molecule has 1 atom stereocenters. The molecule has 8 heteroatoms. The van der Waals surface area contributed by atoms with Crippen LogP contribution < -0.4 is 0 Å². The smallest absolute Gasteiger partial charge is 0.330 e. The Bertz CT molecular complexity index is 574. The van der Waals surface area contributed by atoms with Crippen LogP contribution in [0.25, 0.3) is 0 Å². The quantitative estimate of drug-likeness (QED) is 0.142. The second kappa shape index (κ2) is 16.5. The number of carbonyl (C=O) groups excluding carboxylic acids is 1. The van der Waals surface area contributed by atoms with Gasteiger partial charge in [0, 0.05) is 0 Å². The third-order valence-electron chi connectivity index (χ3n) is 5.47. The lowest BCUT2D eigenvalue weighted by Gasteiger charge is -2.27. The van der Waals surface area contributed by atoms with Crippen LogP contribution in [0.5, 0.6) is 0 Å². The number of rotatable bonds is 20. The van der Waals surface area contributed by atoms with E-state index in [1.165, 1.54) is 6.42 Å². The Morgan fingerprint density at radius 2 is 1.20 bits per heavy atom. The van der Waals surface area contributed by atoms with E-state index in [1.54, 1.807) is 0 Å². The van der Waals surface area contributed by atoms with Crippen LogP contribution in [0.1, 0.15) is 117 Å². The molecule has 0 amide bonds. The number of carboxylic acid groups (broad SMARTS) is 1. The summed E-state index contributed by atoms with van der Waals surface area (Å²) >= 11 is 0. The molecule has 0 spiro atoms. The molecule has 0 saturated carbocycles. The summed E-state index contributed by atoms with van der Waals surface area (Å²) in [5.41, 5.74) is 0. The predicted octanol–water partition coefficient (Wildman–Crippen LogP) is 5.52. The molecule has 0 aliphatic rings. The van der Waals surface area contributed by atoms with Crippen molar-refractivity contribution in [3.63, 3.8) is 0 Å². The molecule has 0 bridgehead atoms. The minimum atomic E-state index is -4.94. The Morgan fingerprint density at radius 1 is 0.767 bits per heavy atom. The van der Waals surface area contributed by atoms with Crippen LogP contribution >= 0.6 is 0 Å². The molecule has 0 fully saturated rings. The molecule has 0 saturated heterocycles. The van der Waals surface area contributed by atoms with Crippen molar-refractivity contribution in [1.29, 1.82) is 0 Å². The van der Waals surface area contributed by atoms with E-state index in [-0.39, 0.29) is 13.0 Å². The highest BCUT2D eigenvalue weighted by Crippen LogP contribution is 2.30. The van der Waals surface area contributed by atoms with E-state index in [9.17, 15) is 27.7 Å². The molecule has 0 aromatic carbocycles. The zero-order valence-corrected chi connectivity index (χ0v) is 19.7. The highest BCUT2D eigenvalue weighted by atomic mass is 32.2. The molecule has 0 aliphatic carbocycles. The Labute approximate surface area is 182 Å². The third-order valence-corrected chi connectivity index (χ3v) is 6.97. The van der Waals surface area contributed by atoms with Crippen LogP contribution in [0.3, 0.4) is 0 Å². The Morgan fingerprint density at radius 3 is 1.63 bits per heavy atom. The van der Waals surface area contributed by atoms with Crippen LogP contribution in [0.4, 0.5) is 0 Å². The van der Waals surface area contributed by atoms with Gasteiger partial charge >= 0.3 is 11.9 Å². The van der Waals surface area contributed by atoms with E-state index in [4.69, 9.17) is 4.74 Å². The fourth-order valence-electron chi connectivity index (χ4n) is 3.56. The van der Waals surface area contributed by atoms with Crippen molar-refractivity contribution in [2.24, 2.45) is 0 Å². The minimum Gasteiger partial charge on any atom is -0.481 e. The molecule has 2 N–H and O–H groups in total. The molecule has 178 valence electrons. The first-order chi connectivity index (χ1) is 14.2. The number of ether oxygens (including phenoxy) is 1. The van der Waals surface area contributed by atoms with E-state index in [1.807, 2.05) is 0 Å². The lowest BCUT2D eigenvalue weighted by atomic mass is 9.96.